The quantitative estimate of drug-likeness (QED) is 0.594. The fourth-order valence-electron chi connectivity index (χ4n) is 3.21. The van der Waals surface area contributed by atoms with Gasteiger partial charge in [0.2, 0.25) is 0 Å². The summed E-state index contributed by atoms with van der Waals surface area (Å²) in [6.07, 6.45) is 2.59. The molecule has 28 heavy (non-hydrogen) atoms. The van der Waals surface area contributed by atoms with E-state index < -0.39 is 17.4 Å². The van der Waals surface area contributed by atoms with E-state index in [4.69, 9.17) is 0 Å². The topological polar surface area (TPSA) is 96.5 Å². The van der Waals surface area contributed by atoms with Crippen LogP contribution in [-0.2, 0) is 6.54 Å². The highest BCUT2D eigenvalue weighted by Gasteiger charge is 2.26. The first kappa shape index (κ1) is 19.7. The molecular weight excluding hydrogens is 374 g/mol. The molecule has 0 radical (unpaired) electrons. The average molecular weight is 394 g/mol. The number of nitrogens with one attached hydrogen (secondary N) is 1. The largest absolute Gasteiger partial charge is 0.363 e. The van der Waals surface area contributed by atoms with Crippen molar-refractivity contribution in [3.63, 3.8) is 0 Å². The number of aromatic nitrogens is 2. The molecule has 3 rings (SSSR count). The lowest BCUT2D eigenvalue weighted by atomic mass is 10.1. The van der Waals surface area contributed by atoms with E-state index in [9.17, 15) is 23.7 Å². The molecule has 0 aliphatic carbocycles. The second kappa shape index (κ2) is 8.30. The first-order valence-corrected chi connectivity index (χ1v) is 8.68. The van der Waals surface area contributed by atoms with Gasteiger partial charge in [-0.05, 0) is 12.1 Å². The summed E-state index contributed by atoms with van der Waals surface area (Å²) < 4.78 is 26.7. The number of nitrogens with zero attached hydrogens (tertiary/aromatic N) is 5. The molecule has 1 aliphatic heterocycles. The summed E-state index contributed by atoms with van der Waals surface area (Å²) in [6, 6.07) is 4.38. The number of hydrogen-bond acceptors (Lipinski definition) is 6. The van der Waals surface area contributed by atoms with Crippen LogP contribution in [0.3, 0.4) is 0 Å². The number of alkyl halides is 2. The van der Waals surface area contributed by atoms with Crippen LogP contribution >= 0.6 is 0 Å². The maximum atomic E-state index is 12.9. The Hall–Kier alpha value is -3.08. The van der Waals surface area contributed by atoms with Crippen LogP contribution in [0.4, 0.5) is 20.2 Å². The molecule has 1 aromatic carbocycles. The van der Waals surface area contributed by atoms with E-state index in [1.165, 1.54) is 25.5 Å². The van der Waals surface area contributed by atoms with Crippen LogP contribution in [0.25, 0.3) is 0 Å². The fourth-order valence-corrected chi connectivity index (χ4v) is 3.21. The molecule has 1 N–H and O–H groups in total. The number of hydrogen-bond donors (Lipinski definition) is 1. The first-order valence-electron chi connectivity index (χ1n) is 8.68. The lowest BCUT2D eigenvalue weighted by molar-refractivity contribution is -0.384. The summed E-state index contributed by atoms with van der Waals surface area (Å²) in [5, 5.41) is 13.9. The molecule has 0 saturated carbocycles. The predicted octanol–water partition coefficient (Wildman–Crippen LogP) is 1.87. The van der Waals surface area contributed by atoms with Crippen molar-refractivity contribution in [1.82, 2.24) is 19.8 Å². The summed E-state index contributed by atoms with van der Waals surface area (Å²) in [6.45, 7) is -0.275. The van der Waals surface area contributed by atoms with Crippen molar-refractivity contribution in [3.8, 4) is 0 Å². The van der Waals surface area contributed by atoms with E-state index in [1.54, 1.807) is 12.1 Å². The molecule has 0 spiro atoms. The number of nitro benzene ring substituents is 1. The Labute approximate surface area is 159 Å². The number of anilines is 1. The van der Waals surface area contributed by atoms with Crippen LogP contribution in [0.1, 0.15) is 22.7 Å². The third-order valence-electron chi connectivity index (χ3n) is 4.70. The highest BCUT2D eigenvalue weighted by molar-refractivity contribution is 5.95. The highest BCUT2D eigenvalue weighted by atomic mass is 19.3. The minimum Gasteiger partial charge on any atom is -0.363 e. The molecule has 0 bridgehead atoms. The van der Waals surface area contributed by atoms with Gasteiger partial charge in [-0.1, -0.05) is 0 Å². The van der Waals surface area contributed by atoms with Gasteiger partial charge in [0.15, 0.2) is 0 Å². The van der Waals surface area contributed by atoms with Crippen molar-refractivity contribution in [3.05, 3.63) is 52.1 Å². The number of halogens is 2. The van der Waals surface area contributed by atoms with Gasteiger partial charge >= 0.3 is 6.55 Å². The molecule has 1 aromatic heterocycles. The molecular formula is C17H20F2N6O3. The van der Waals surface area contributed by atoms with Crippen LogP contribution in [0.5, 0.6) is 0 Å². The maximum absolute atomic E-state index is 12.9. The zero-order valence-corrected chi connectivity index (χ0v) is 15.2. The second-order valence-corrected chi connectivity index (χ2v) is 6.33. The lowest BCUT2D eigenvalue weighted by Gasteiger charge is -2.35. The molecule has 1 saturated heterocycles. The number of carbonyl (C=O) groups is 1. The molecule has 2 heterocycles. The minimum absolute atomic E-state index is 0.136. The number of rotatable bonds is 6. The highest BCUT2D eigenvalue weighted by Crippen LogP contribution is 2.30. The Kier molecular flexibility index (Phi) is 5.83. The zero-order valence-electron chi connectivity index (χ0n) is 15.2. The Balaban J connectivity index is 1.70. The third kappa shape index (κ3) is 4.09. The van der Waals surface area contributed by atoms with Crippen molar-refractivity contribution in [2.45, 2.75) is 13.1 Å². The van der Waals surface area contributed by atoms with Crippen LogP contribution in [0.2, 0.25) is 0 Å². The van der Waals surface area contributed by atoms with Crippen molar-refractivity contribution < 1.29 is 18.5 Å². The average Bonchev–Trinajstić information content (AvgIpc) is 3.16. The van der Waals surface area contributed by atoms with E-state index in [1.807, 2.05) is 9.80 Å². The van der Waals surface area contributed by atoms with Gasteiger partial charge in [0, 0.05) is 57.3 Å². The molecule has 0 unspecified atom stereocenters. The van der Waals surface area contributed by atoms with Gasteiger partial charge in [0.05, 0.1) is 11.5 Å². The van der Waals surface area contributed by atoms with E-state index >= 15 is 0 Å². The van der Waals surface area contributed by atoms with Crippen LogP contribution < -0.4 is 10.2 Å². The molecule has 150 valence electrons. The number of benzene rings is 1. The fraction of sp³-hybridized carbons (Fsp3) is 0.412. The zero-order chi connectivity index (χ0) is 20.3. The van der Waals surface area contributed by atoms with Crippen molar-refractivity contribution in [1.29, 1.82) is 0 Å². The van der Waals surface area contributed by atoms with E-state index in [-0.39, 0.29) is 23.6 Å². The first-order chi connectivity index (χ1) is 13.4. The summed E-state index contributed by atoms with van der Waals surface area (Å²) in [4.78, 5) is 30.5. The van der Waals surface area contributed by atoms with E-state index in [0.29, 0.717) is 31.9 Å². The Morgan fingerprint density at radius 1 is 1.32 bits per heavy atom. The maximum Gasteiger partial charge on any atom is 0.319 e. The molecule has 11 heteroatoms. The van der Waals surface area contributed by atoms with Gasteiger partial charge in [0.25, 0.3) is 11.6 Å². The van der Waals surface area contributed by atoms with Gasteiger partial charge in [-0.15, -0.1) is 0 Å². The summed E-state index contributed by atoms with van der Waals surface area (Å²) in [7, 11) is 1.46. The van der Waals surface area contributed by atoms with Crippen LogP contribution in [-0.4, -0.2) is 58.5 Å². The summed E-state index contributed by atoms with van der Waals surface area (Å²) in [5.41, 5.74) is 0.518. The predicted molar refractivity (Wildman–Crippen MR) is 97.5 cm³/mol. The molecule has 1 fully saturated rings. The van der Waals surface area contributed by atoms with E-state index in [2.05, 4.69) is 10.3 Å². The van der Waals surface area contributed by atoms with Crippen molar-refractivity contribution in [2.24, 2.45) is 0 Å². The number of carbonyl (C=O) groups excluding carboxylic acids is 1. The molecule has 2 aromatic rings. The number of amides is 1. The van der Waals surface area contributed by atoms with Crippen LogP contribution in [0, 0.1) is 10.1 Å². The Morgan fingerprint density at radius 2 is 2.04 bits per heavy atom. The Morgan fingerprint density at radius 3 is 2.64 bits per heavy atom. The van der Waals surface area contributed by atoms with Gasteiger partial charge in [-0.2, -0.15) is 8.78 Å². The van der Waals surface area contributed by atoms with Gasteiger partial charge in [0.1, 0.15) is 11.5 Å². The number of nitro groups is 1. The number of imidazole rings is 1. The van der Waals surface area contributed by atoms with Crippen molar-refractivity contribution in [2.75, 3.05) is 38.1 Å². The number of piperazine rings is 1. The lowest BCUT2D eigenvalue weighted by Crippen LogP contribution is -2.46. The van der Waals surface area contributed by atoms with Gasteiger partial charge < -0.3 is 10.2 Å². The summed E-state index contributed by atoms with van der Waals surface area (Å²) >= 11 is 0. The SMILES string of the molecule is CNC(=O)c1ccc(N2CCN(Cc3nccn3C(F)F)CC2)c([N+](=O)[O-])c1. The molecule has 0 atom stereocenters. The molecule has 9 nitrogen and oxygen atoms in total. The van der Waals surface area contributed by atoms with Gasteiger partial charge in [-0.25, -0.2) is 4.98 Å². The monoisotopic (exact) mass is 394 g/mol. The van der Waals surface area contributed by atoms with Crippen LogP contribution in [0.15, 0.2) is 30.6 Å². The Bertz CT molecular complexity index is 864. The minimum atomic E-state index is -2.64. The normalized spacial score (nSPS) is 15.1. The smallest absolute Gasteiger partial charge is 0.319 e. The molecule has 1 amide bonds. The van der Waals surface area contributed by atoms with Crippen molar-refractivity contribution >= 4 is 17.3 Å². The van der Waals surface area contributed by atoms with Gasteiger partial charge in [-0.3, -0.25) is 24.4 Å². The summed E-state index contributed by atoms with van der Waals surface area (Å²) in [5.74, 6) is -0.113. The molecule has 1 aliphatic rings. The second-order valence-electron chi connectivity index (χ2n) is 6.33. The third-order valence-corrected chi connectivity index (χ3v) is 4.70. The van der Waals surface area contributed by atoms with E-state index in [0.717, 1.165) is 4.57 Å². The standard InChI is InChI=1S/C17H20F2N6O3/c1-20-16(26)12-2-3-13(14(10-12)25(27)28)23-8-6-22(7-9-23)11-15-21-4-5-24(15)17(18)19/h2-5,10,17H,6-9,11H2,1H3,(H,20,26).